The average molecular weight is 500 g/mol. The van der Waals surface area contributed by atoms with Crippen LogP contribution < -0.4 is 0 Å². The topological polar surface area (TPSA) is 30.7 Å². The van der Waals surface area contributed by atoms with Gasteiger partial charge in [-0.25, -0.2) is 4.98 Å². The van der Waals surface area contributed by atoms with Crippen molar-refractivity contribution in [3.05, 3.63) is 127 Å². The summed E-state index contributed by atoms with van der Waals surface area (Å²) in [6.07, 6.45) is 1.91. The molecule has 2 heterocycles. The van der Waals surface area contributed by atoms with E-state index in [4.69, 9.17) is 9.97 Å². The Balaban J connectivity index is 1.30. The Labute approximate surface area is 226 Å². The fourth-order valence-electron chi connectivity index (χ4n) is 6.07. The highest BCUT2D eigenvalue weighted by molar-refractivity contribution is 6.23. The minimum absolute atomic E-state index is 0.878. The minimum Gasteiger partial charge on any atom is -0.309 e. The number of hydrogen-bond donors (Lipinski definition) is 0. The number of aryl methyl sites for hydroxylation is 2. The molecular weight excluding hydrogens is 474 g/mol. The summed E-state index contributed by atoms with van der Waals surface area (Å²) in [5, 5.41) is 7.27. The molecule has 0 amide bonds. The van der Waals surface area contributed by atoms with Crippen molar-refractivity contribution in [2.75, 3.05) is 0 Å². The Morgan fingerprint density at radius 2 is 1.05 bits per heavy atom. The van der Waals surface area contributed by atoms with Crippen molar-refractivity contribution >= 4 is 54.4 Å². The average Bonchev–Trinajstić information content (AvgIpc) is 3.29. The third kappa shape index (κ3) is 3.30. The molecular formula is C36H25N3. The monoisotopic (exact) mass is 499 g/mol. The summed E-state index contributed by atoms with van der Waals surface area (Å²) in [5.74, 6) is 0. The summed E-state index contributed by atoms with van der Waals surface area (Å²) < 4.78 is 2.36. The van der Waals surface area contributed by atoms with Crippen LogP contribution in [0.4, 0.5) is 0 Å². The Kier molecular flexibility index (Phi) is 4.65. The number of fused-ring (bicyclic) bond motifs is 9. The molecule has 0 atom stereocenters. The van der Waals surface area contributed by atoms with Crippen molar-refractivity contribution in [2.24, 2.45) is 0 Å². The zero-order chi connectivity index (χ0) is 26.1. The first-order chi connectivity index (χ1) is 19.2. The maximum atomic E-state index is 5.17. The maximum Gasteiger partial charge on any atom is 0.0979 e. The van der Waals surface area contributed by atoms with Crippen LogP contribution in [0.15, 0.2) is 115 Å². The molecule has 6 aromatic carbocycles. The molecule has 0 N–H and O–H groups in total. The van der Waals surface area contributed by atoms with Crippen LogP contribution >= 0.6 is 0 Å². The Morgan fingerprint density at radius 3 is 1.64 bits per heavy atom. The van der Waals surface area contributed by atoms with E-state index in [1.807, 2.05) is 6.20 Å². The molecule has 8 rings (SSSR count). The van der Waals surface area contributed by atoms with Crippen LogP contribution in [0.3, 0.4) is 0 Å². The summed E-state index contributed by atoms with van der Waals surface area (Å²) in [6, 6.07) is 39.1. The van der Waals surface area contributed by atoms with Gasteiger partial charge >= 0.3 is 0 Å². The molecule has 0 aliphatic carbocycles. The predicted molar refractivity (Wildman–Crippen MR) is 164 cm³/mol. The van der Waals surface area contributed by atoms with Gasteiger partial charge in [-0.3, -0.25) is 4.98 Å². The van der Waals surface area contributed by atoms with Gasteiger partial charge in [0.1, 0.15) is 0 Å². The molecule has 0 fully saturated rings. The third-order valence-electron chi connectivity index (χ3n) is 7.92. The second-order valence-electron chi connectivity index (χ2n) is 10.5. The lowest BCUT2D eigenvalue weighted by atomic mass is 9.99. The molecule has 0 bridgehead atoms. The fourth-order valence-corrected chi connectivity index (χ4v) is 6.07. The van der Waals surface area contributed by atoms with Gasteiger partial charge in [-0.1, -0.05) is 83.9 Å². The molecule has 0 spiro atoms. The Bertz CT molecular complexity index is 2140. The van der Waals surface area contributed by atoms with Crippen LogP contribution in [0.2, 0.25) is 0 Å². The van der Waals surface area contributed by atoms with Gasteiger partial charge < -0.3 is 4.57 Å². The van der Waals surface area contributed by atoms with E-state index in [2.05, 4.69) is 128 Å². The van der Waals surface area contributed by atoms with Gasteiger partial charge in [-0.15, -0.1) is 0 Å². The summed E-state index contributed by atoms with van der Waals surface area (Å²) in [5.41, 5.74) is 9.94. The van der Waals surface area contributed by atoms with Crippen LogP contribution in [0.5, 0.6) is 0 Å². The first-order valence-corrected chi connectivity index (χ1v) is 13.3. The summed E-state index contributed by atoms with van der Waals surface area (Å²) in [7, 11) is 0. The van der Waals surface area contributed by atoms with Crippen LogP contribution in [0.1, 0.15) is 11.1 Å². The smallest absolute Gasteiger partial charge is 0.0979 e. The molecule has 39 heavy (non-hydrogen) atoms. The molecule has 3 heteroatoms. The molecule has 0 aliphatic rings. The standard InChI is InChI=1S/C36H25N3/c1-22-11-17-33-30(19-22)31-20-23(2)12-18-34(31)39(33)25-15-13-24(14-16-25)32-21-37-35-28-9-5-3-7-26(28)27-8-4-6-10-29(27)36(35)38-32/h3-21H,1-2H3. The lowest BCUT2D eigenvalue weighted by Crippen LogP contribution is -1.95. The van der Waals surface area contributed by atoms with E-state index in [0.717, 1.165) is 38.8 Å². The maximum absolute atomic E-state index is 5.17. The summed E-state index contributed by atoms with van der Waals surface area (Å²) >= 11 is 0. The van der Waals surface area contributed by atoms with Gasteiger partial charge in [0.15, 0.2) is 0 Å². The van der Waals surface area contributed by atoms with Gasteiger partial charge in [-0.05, 0) is 61.0 Å². The van der Waals surface area contributed by atoms with E-state index in [9.17, 15) is 0 Å². The molecule has 3 nitrogen and oxygen atoms in total. The molecule has 0 unspecified atom stereocenters. The van der Waals surface area contributed by atoms with Crippen LogP contribution in [0, 0.1) is 13.8 Å². The summed E-state index contributed by atoms with van der Waals surface area (Å²) in [4.78, 5) is 10.1. The van der Waals surface area contributed by atoms with Crippen LogP contribution in [0.25, 0.3) is 71.3 Å². The molecule has 0 aliphatic heterocycles. The van der Waals surface area contributed by atoms with E-state index in [0.29, 0.717) is 0 Å². The van der Waals surface area contributed by atoms with Crippen molar-refractivity contribution < 1.29 is 0 Å². The highest BCUT2D eigenvalue weighted by Crippen LogP contribution is 2.36. The molecule has 0 saturated heterocycles. The fraction of sp³-hybridized carbons (Fsp3) is 0.0556. The number of hydrogen-bond acceptors (Lipinski definition) is 2. The number of benzene rings is 6. The van der Waals surface area contributed by atoms with Gasteiger partial charge in [0.2, 0.25) is 0 Å². The third-order valence-corrected chi connectivity index (χ3v) is 7.92. The van der Waals surface area contributed by atoms with Crippen molar-refractivity contribution in [2.45, 2.75) is 13.8 Å². The van der Waals surface area contributed by atoms with Gasteiger partial charge in [0.05, 0.1) is 34.0 Å². The Morgan fingerprint density at radius 1 is 0.513 bits per heavy atom. The van der Waals surface area contributed by atoms with Crippen molar-refractivity contribution in [3.63, 3.8) is 0 Å². The van der Waals surface area contributed by atoms with Gasteiger partial charge in [-0.2, -0.15) is 0 Å². The van der Waals surface area contributed by atoms with Crippen LogP contribution in [-0.2, 0) is 0 Å². The SMILES string of the molecule is Cc1ccc2c(c1)c1cc(C)ccc1n2-c1ccc(-c2cnc3c4ccccc4c4ccccc4c3n2)cc1. The normalized spacial score (nSPS) is 11.8. The number of rotatable bonds is 2. The van der Waals surface area contributed by atoms with E-state index < -0.39 is 0 Å². The van der Waals surface area contributed by atoms with Gasteiger partial charge in [0.25, 0.3) is 0 Å². The van der Waals surface area contributed by atoms with Crippen molar-refractivity contribution in [1.29, 1.82) is 0 Å². The highest BCUT2D eigenvalue weighted by Gasteiger charge is 2.14. The van der Waals surface area contributed by atoms with E-state index in [-0.39, 0.29) is 0 Å². The van der Waals surface area contributed by atoms with E-state index in [1.165, 1.54) is 43.7 Å². The molecule has 184 valence electrons. The molecule has 2 aromatic heterocycles. The molecule has 0 radical (unpaired) electrons. The lowest BCUT2D eigenvalue weighted by Gasteiger charge is -2.11. The molecule has 0 saturated carbocycles. The van der Waals surface area contributed by atoms with E-state index in [1.54, 1.807) is 0 Å². The minimum atomic E-state index is 0.878. The van der Waals surface area contributed by atoms with Crippen molar-refractivity contribution in [1.82, 2.24) is 14.5 Å². The zero-order valence-corrected chi connectivity index (χ0v) is 21.8. The molecule has 8 aromatic rings. The second-order valence-corrected chi connectivity index (χ2v) is 10.5. The summed E-state index contributed by atoms with van der Waals surface area (Å²) in [6.45, 7) is 4.31. The van der Waals surface area contributed by atoms with Gasteiger partial charge in [0, 0.05) is 32.8 Å². The number of aromatic nitrogens is 3. The first kappa shape index (κ1) is 22.0. The van der Waals surface area contributed by atoms with Crippen LogP contribution in [-0.4, -0.2) is 14.5 Å². The zero-order valence-electron chi connectivity index (χ0n) is 21.8. The Hall–Kier alpha value is -5.02. The highest BCUT2D eigenvalue weighted by atomic mass is 15.0. The van der Waals surface area contributed by atoms with Crippen molar-refractivity contribution in [3.8, 4) is 16.9 Å². The quantitative estimate of drug-likeness (QED) is 0.222. The number of nitrogens with zero attached hydrogens (tertiary/aromatic N) is 3. The largest absolute Gasteiger partial charge is 0.309 e. The first-order valence-electron chi connectivity index (χ1n) is 13.3. The second kappa shape index (κ2) is 8.24. The predicted octanol–water partition coefficient (Wildman–Crippen LogP) is 9.32. The van der Waals surface area contributed by atoms with E-state index >= 15 is 0 Å². The lowest BCUT2D eigenvalue weighted by molar-refractivity contribution is 1.18.